The molecule has 1 fully saturated rings. The van der Waals surface area contributed by atoms with Crippen LogP contribution in [0.5, 0.6) is 0 Å². The number of carbonyl (C=O) groups is 1. The second-order valence-electron chi connectivity index (χ2n) is 5.79. The van der Waals surface area contributed by atoms with E-state index in [1.165, 1.54) is 21.9 Å². The summed E-state index contributed by atoms with van der Waals surface area (Å²) in [6.45, 7) is 6.23. The highest BCUT2D eigenvalue weighted by molar-refractivity contribution is 7.15. The van der Waals surface area contributed by atoms with E-state index in [1.807, 2.05) is 31.2 Å². The number of rotatable bonds is 5. The van der Waals surface area contributed by atoms with Gasteiger partial charge >= 0.3 is 0 Å². The number of hydrogen-bond acceptors (Lipinski definition) is 5. The van der Waals surface area contributed by atoms with E-state index in [-0.39, 0.29) is 5.91 Å². The molecule has 0 radical (unpaired) electrons. The summed E-state index contributed by atoms with van der Waals surface area (Å²) in [6.07, 6.45) is 0.839. The van der Waals surface area contributed by atoms with E-state index >= 15 is 0 Å². The lowest BCUT2D eigenvalue weighted by Crippen LogP contribution is -3.15. The summed E-state index contributed by atoms with van der Waals surface area (Å²) in [5.41, 5.74) is 1.18. The summed E-state index contributed by atoms with van der Waals surface area (Å²) in [5.74, 6) is 0.00347. The number of benzene rings is 1. The Labute approximate surface area is 150 Å². The molecule has 128 valence electrons. The molecule has 0 saturated carbocycles. The molecule has 0 bridgehead atoms. The molecule has 0 spiro atoms. The van der Waals surface area contributed by atoms with Gasteiger partial charge in [-0.3, -0.25) is 10.1 Å². The number of nitrogens with one attached hydrogen (secondary N) is 2. The molecule has 1 aliphatic rings. The van der Waals surface area contributed by atoms with Gasteiger partial charge in [-0.2, -0.15) is 0 Å². The lowest BCUT2D eigenvalue weighted by Gasteiger charge is -2.33. The van der Waals surface area contributed by atoms with Crippen molar-refractivity contribution >= 4 is 39.7 Å². The predicted octanol–water partition coefficient (Wildman–Crippen LogP) is 1.10. The van der Waals surface area contributed by atoms with Gasteiger partial charge in [-0.15, -0.1) is 10.2 Å². The minimum atomic E-state index is 0.00347. The third-order valence-electron chi connectivity index (χ3n) is 4.09. The van der Waals surface area contributed by atoms with E-state index in [0.717, 1.165) is 42.6 Å². The van der Waals surface area contributed by atoms with Crippen LogP contribution in [0.25, 0.3) is 0 Å². The van der Waals surface area contributed by atoms with Crippen molar-refractivity contribution in [1.82, 2.24) is 10.2 Å². The Hall–Kier alpha value is -1.70. The van der Waals surface area contributed by atoms with Gasteiger partial charge < -0.3 is 9.80 Å². The Morgan fingerprint density at radius 2 is 2.00 bits per heavy atom. The Kier molecular flexibility index (Phi) is 5.65. The maximum absolute atomic E-state index is 12.1. The highest BCUT2D eigenvalue weighted by atomic mass is 35.5. The van der Waals surface area contributed by atoms with Gasteiger partial charge in [0.15, 0.2) is 6.54 Å². The molecule has 6 nitrogen and oxygen atoms in total. The fraction of sp³-hybridized carbons (Fsp3) is 0.438. The third kappa shape index (κ3) is 4.43. The summed E-state index contributed by atoms with van der Waals surface area (Å²) < 4.78 is 0. The summed E-state index contributed by atoms with van der Waals surface area (Å²) in [4.78, 5) is 15.8. The van der Waals surface area contributed by atoms with Gasteiger partial charge in [0.2, 0.25) is 5.13 Å². The van der Waals surface area contributed by atoms with E-state index in [9.17, 15) is 4.79 Å². The lowest BCUT2D eigenvalue weighted by molar-refractivity contribution is -0.892. The number of halogens is 1. The molecular weight excluding hydrogens is 346 g/mol. The Morgan fingerprint density at radius 1 is 1.29 bits per heavy atom. The van der Waals surface area contributed by atoms with Crippen LogP contribution in [0.15, 0.2) is 24.3 Å². The van der Waals surface area contributed by atoms with Gasteiger partial charge in [0.05, 0.1) is 26.2 Å². The molecule has 1 aliphatic heterocycles. The molecule has 0 unspecified atom stereocenters. The molecule has 24 heavy (non-hydrogen) atoms. The largest absolute Gasteiger partial charge is 0.360 e. The number of hydrogen-bond donors (Lipinski definition) is 2. The number of carbonyl (C=O) groups excluding carboxylic acids is 1. The van der Waals surface area contributed by atoms with E-state index in [4.69, 9.17) is 11.6 Å². The van der Waals surface area contributed by atoms with Crippen molar-refractivity contribution in [3.05, 3.63) is 34.3 Å². The second kappa shape index (κ2) is 7.92. The number of nitrogens with zero attached hydrogens (tertiary/aromatic N) is 3. The van der Waals surface area contributed by atoms with Gasteiger partial charge in [-0.1, -0.05) is 29.9 Å². The van der Waals surface area contributed by atoms with E-state index in [2.05, 4.69) is 20.4 Å². The van der Waals surface area contributed by atoms with Crippen molar-refractivity contribution in [1.29, 1.82) is 0 Å². The van der Waals surface area contributed by atoms with Crippen LogP contribution in [0.4, 0.5) is 10.8 Å². The zero-order valence-electron chi connectivity index (χ0n) is 13.6. The number of anilines is 2. The number of amides is 1. The highest BCUT2D eigenvalue weighted by Crippen LogP contribution is 2.18. The first-order valence-corrected chi connectivity index (χ1v) is 9.30. The van der Waals surface area contributed by atoms with E-state index in [1.54, 1.807) is 0 Å². The van der Waals surface area contributed by atoms with Crippen LogP contribution in [0.3, 0.4) is 0 Å². The summed E-state index contributed by atoms with van der Waals surface area (Å²) >= 11 is 7.37. The van der Waals surface area contributed by atoms with Crippen molar-refractivity contribution in [2.45, 2.75) is 13.3 Å². The minimum Gasteiger partial charge on any atom is -0.360 e. The van der Waals surface area contributed by atoms with Gasteiger partial charge in [-0.05, 0) is 30.7 Å². The van der Waals surface area contributed by atoms with Crippen LogP contribution in [-0.2, 0) is 11.2 Å². The van der Waals surface area contributed by atoms with Crippen LogP contribution in [0.2, 0.25) is 5.02 Å². The van der Waals surface area contributed by atoms with Gasteiger partial charge in [-0.25, -0.2) is 0 Å². The summed E-state index contributed by atoms with van der Waals surface area (Å²) in [6, 6.07) is 7.91. The Balaban J connectivity index is 1.46. The quantitative estimate of drug-likeness (QED) is 0.831. The smallest absolute Gasteiger partial charge is 0.281 e. The third-order valence-corrected chi connectivity index (χ3v) is 5.32. The molecule has 1 amide bonds. The maximum Gasteiger partial charge on any atom is 0.281 e. The summed E-state index contributed by atoms with van der Waals surface area (Å²) in [5, 5.41) is 13.1. The number of aromatic nitrogens is 2. The molecular formula is C16H21ClN5OS+. The number of piperazine rings is 1. The average Bonchev–Trinajstić information content (AvgIpc) is 3.04. The molecule has 3 rings (SSSR count). The topological polar surface area (TPSA) is 62.6 Å². The van der Waals surface area contributed by atoms with Crippen molar-refractivity contribution in [2.24, 2.45) is 0 Å². The monoisotopic (exact) mass is 366 g/mol. The first-order valence-electron chi connectivity index (χ1n) is 8.10. The van der Waals surface area contributed by atoms with Crippen LogP contribution >= 0.6 is 22.9 Å². The van der Waals surface area contributed by atoms with Crippen molar-refractivity contribution in [2.75, 3.05) is 42.9 Å². The first kappa shape index (κ1) is 17.1. The molecule has 1 aromatic carbocycles. The predicted molar refractivity (Wildman–Crippen MR) is 97.1 cm³/mol. The van der Waals surface area contributed by atoms with Gasteiger partial charge in [0.1, 0.15) is 5.01 Å². The zero-order chi connectivity index (χ0) is 16.9. The van der Waals surface area contributed by atoms with E-state index < -0.39 is 0 Å². The second-order valence-corrected chi connectivity index (χ2v) is 7.29. The number of quaternary nitrogens is 1. The maximum atomic E-state index is 12.1. The Bertz CT molecular complexity index is 682. The molecule has 2 aromatic rings. The van der Waals surface area contributed by atoms with Crippen molar-refractivity contribution in [3.8, 4) is 0 Å². The zero-order valence-corrected chi connectivity index (χ0v) is 15.2. The van der Waals surface area contributed by atoms with E-state index in [0.29, 0.717) is 11.7 Å². The lowest BCUT2D eigenvalue weighted by atomic mass is 10.2. The fourth-order valence-electron chi connectivity index (χ4n) is 2.75. The highest BCUT2D eigenvalue weighted by Gasteiger charge is 2.22. The average molecular weight is 367 g/mol. The van der Waals surface area contributed by atoms with Crippen LogP contribution in [-0.4, -0.2) is 48.8 Å². The molecule has 8 heteroatoms. The van der Waals surface area contributed by atoms with Crippen LogP contribution < -0.4 is 15.1 Å². The minimum absolute atomic E-state index is 0.00347. The number of aryl methyl sites for hydroxylation is 1. The summed E-state index contributed by atoms with van der Waals surface area (Å²) in [7, 11) is 0. The van der Waals surface area contributed by atoms with Crippen LogP contribution in [0, 0.1) is 0 Å². The van der Waals surface area contributed by atoms with Crippen molar-refractivity contribution < 1.29 is 9.69 Å². The molecule has 1 aromatic heterocycles. The normalized spacial score (nSPS) is 15.5. The Morgan fingerprint density at radius 3 is 2.62 bits per heavy atom. The molecule has 0 atom stereocenters. The fourth-order valence-corrected chi connectivity index (χ4v) is 3.57. The SMILES string of the molecule is CCc1nnc(NC(=O)C[NH+]2CCN(c3ccc(Cl)cc3)CC2)s1. The van der Waals surface area contributed by atoms with Gasteiger partial charge in [0, 0.05) is 10.7 Å². The standard InChI is InChI=1S/C16H20ClN5OS/c1-2-15-19-20-16(24-15)18-14(23)11-21-7-9-22(10-8-21)13-5-3-12(17)4-6-13/h3-6H,2,7-11H2,1H3,(H,18,20,23)/p+1. The van der Waals surface area contributed by atoms with Gasteiger partial charge in [0.25, 0.3) is 5.91 Å². The molecule has 2 heterocycles. The molecule has 2 N–H and O–H groups in total. The van der Waals surface area contributed by atoms with Crippen molar-refractivity contribution in [3.63, 3.8) is 0 Å². The first-order chi connectivity index (χ1) is 11.6. The van der Waals surface area contributed by atoms with Crippen LogP contribution in [0.1, 0.15) is 11.9 Å². The molecule has 1 saturated heterocycles. The molecule has 0 aliphatic carbocycles.